The monoisotopic (exact) mass is 188 g/mol. The van der Waals surface area contributed by atoms with Gasteiger partial charge in [-0.1, -0.05) is 0 Å². The van der Waals surface area contributed by atoms with Crippen LogP contribution < -0.4 is 5.73 Å². The minimum Gasteiger partial charge on any atom is -0.724 e. The Morgan fingerprint density at radius 1 is 1.38 bits per heavy atom. The van der Waals surface area contributed by atoms with Crippen molar-refractivity contribution in [1.29, 1.82) is 0 Å². The van der Waals surface area contributed by atoms with Gasteiger partial charge in [0.2, 0.25) is 0 Å². The van der Waals surface area contributed by atoms with Crippen molar-refractivity contribution in [2.75, 3.05) is 39.3 Å². The second-order valence-electron chi connectivity index (χ2n) is 2.92. The first-order chi connectivity index (χ1) is 6.27. The molecule has 0 aliphatic carbocycles. The topological polar surface area (TPSA) is 88.2 Å². The summed E-state index contributed by atoms with van der Waals surface area (Å²) in [7, 11) is 0. The number of hydrogen-bond donors (Lipinski definition) is 1. The van der Waals surface area contributed by atoms with E-state index in [1.807, 2.05) is 0 Å². The quantitative estimate of drug-likeness (QED) is 0.448. The number of nitrogens with zero attached hydrogens (tertiary/aromatic N) is 4. The molecular weight excluding hydrogens is 174 g/mol. The highest BCUT2D eigenvalue weighted by molar-refractivity contribution is 4.70. The van der Waals surface area contributed by atoms with Gasteiger partial charge in [-0.25, -0.2) is 5.01 Å². The van der Waals surface area contributed by atoms with Crippen LogP contribution in [0, 0.1) is 10.1 Å². The Morgan fingerprint density at radius 2 is 2.00 bits per heavy atom. The first kappa shape index (κ1) is 10.3. The Kier molecular flexibility index (Phi) is 4.03. The molecule has 1 aliphatic heterocycles. The third-order valence-electron chi connectivity index (χ3n) is 2.11. The predicted octanol–water partition coefficient (Wildman–Crippen LogP) is -1.04. The molecule has 1 saturated heterocycles. The summed E-state index contributed by atoms with van der Waals surface area (Å²) in [4.78, 5) is 12.0. The van der Waals surface area contributed by atoms with Gasteiger partial charge in [0.15, 0.2) is 0 Å². The van der Waals surface area contributed by atoms with Crippen LogP contribution in [-0.4, -0.2) is 54.5 Å². The van der Waals surface area contributed by atoms with Gasteiger partial charge < -0.3 is 10.9 Å². The summed E-state index contributed by atoms with van der Waals surface area (Å²) in [5.41, 5.74) is 5.38. The number of rotatable bonds is 4. The molecule has 7 nitrogen and oxygen atoms in total. The molecule has 0 unspecified atom stereocenters. The van der Waals surface area contributed by atoms with Crippen molar-refractivity contribution in [1.82, 2.24) is 15.2 Å². The van der Waals surface area contributed by atoms with E-state index in [2.05, 4.69) is 10.2 Å². The molecule has 0 bridgehead atoms. The highest BCUT2D eigenvalue weighted by Gasteiger charge is 2.16. The fraction of sp³-hybridized carbons (Fsp3) is 1.00. The van der Waals surface area contributed by atoms with Gasteiger partial charge in [0.1, 0.15) is 0 Å². The van der Waals surface area contributed by atoms with Crippen LogP contribution in [0.1, 0.15) is 0 Å². The molecule has 2 N–H and O–H groups in total. The van der Waals surface area contributed by atoms with Crippen LogP contribution in [0.25, 0.3) is 0 Å². The molecule has 0 spiro atoms. The van der Waals surface area contributed by atoms with Crippen LogP contribution in [0.2, 0.25) is 0 Å². The second-order valence-corrected chi connectivity index (χ2v) is 2.92. The molecule has 7 heteroatoms. The number of piperazine rings is 1. The van der Waals surface area contributed by atoms with Crippen LogP contribution in [0.3, 0.4) is 0 Å². The van der Waals surface area contributed by atoms with E-state index < -0.39 is 0 Å². The smallest absolute Gasteiger partial charge is 0.0579 e. The van der Waals surface area contributed by atoms with Crippen molar-refractivity contribution < 1.29 is 0 Å². The lowest BCUT2D eigenvalue weighted by Gasteiger charge is -2.40. The van der Waals surface area contributed by atoms with Crippen molar-refractivity contribution in [2.24, 2.45) is 11.0 Å². The first-order valence-corrected chi connectivity index (χ1v) is 4.25. The van der Waals surface area contributed by atoms with E-state index in [0.29, 0.717) is 19.6 Å². The van der Waals surface area contributed by atoms with Crippen LogP contribution in [0.4, 0.5) is 0 Å². The molecule has 0 saturated carbocycles. The molecular formula is C6H14N5O2-. The molecule has 1 aliphatic rings. The molecule has 1 heterocycles. The van der Waals surface area contributed by atoms with Crippen LogP contribution >= 0.6 is 0 Å². The lowest BCUT2D eigenvalue weighted by atomic mass is 10.3. The summed E-state index contributed by atoms with van der Waals surface area (Å²) >= 11 is 0. The Morgan fingerprint density at radius 3 is 2.46 bits per heavy atom. The maximum absolute atomic E-state index is 10.8. The van der Waals surface area contributed by atoms with Gasteiger partial charge >= 0.3 is 0 Å². The lowest BCUT2D eigenvalue weighted by molar-refractivity contribution is -0.0201. The highest BCUT2D eigenvalue weighted by Crippen LogP contribution is 2.03. The Hall–Kier alpha value is -0.760. The Bertz CT molecular complexity index is 159. The largest absolute Gasteiger partial charge is 0.724 e. The molecule has 1 rings (SSSR count). The zero-order chi connectivity index (χ0) is 9.68. The van der Waals surface area contributed by atoms with Crippen molar-refractivity contribution in [3.63, 3.8) is 0 Å². The average molecular weight is 188 g/mol. The van der Waals surface area contributed by atoms with Gasteiger partial charge in [0, 0.05) is 39.3 Å². The summed E-state index contributed by atoms with van der Waals surface area (Å²) in [6, 6.07) is 0. The van der Waals surface area contributed by atoms with Crippen molar-refractivity contribution in [2.45, 2.75) is 0 Å². The van der Waals surface area contributed by atoms with Crippen molar-refractivity contribution >= 4 is 0 Å². The van der Waals surface area contributed by atoms with Crippen LogP contribution in [-0.2, 0) is 0 Å². The maximum Gasteiger partial charge on any atom is 0.0579 e. The predicted molar refractivity (Wildman–Crippen MR) is 48.1 cm³/mol. The molecule has 0 aromatic carbocycles. The molecule has 1 fully saturated rings. The Labute approximate surface area is 76.6 Å². The van der Waals surface area contributed by atoms with Gasteiger partial charge in [0.05, 0.1) is 5.29 Å². The van der Waals surface area contributed by atoms with Gasteiger partial charge in [-0.2, -0.15) is 0 Å². The molecule has 0 atom stereocenters. The maximum atomic E-state index is 10.8. The minimum atomic E-state index is 0.111. The van der Waals surface area contributed by atoms with E-state index in [1.165, 1.54) is 5.01 Å². The summed E-state index contributed by atoms with van der Waals surface area (Å²) in [5, 5.41) is 14.5. The van der Waals surface area contributed by atoms with Gasteiger partial charge in [-0.05, 0) is 0 Å². The van der Waals surface area contributed by atoms with Crippen molar-refractivity contribution in [3.8, 4) is 0 Å². The first-order valence-electron chi connectivity index (χ1n) is 4.25. The fourth-order valence-corrected chi connectivity index (χ4v) is 1.37. The molecule has 13 heavy (non-hydrogen) atoms. The normalized spacial score (nSPS) is 20.2. The molecule has 0 radical (unpaired) electrons. The number of nitrogens with two attached hydrogens (primary N) is 1. The van der Waals surface area contributed by atoms with Crippen molar-refractivity contribution in [3.05, 3.63) is 10.1 Å². The summed E-state index contributed by atoms with van der Waals surface area (Å²) in [6.07, 6.45) is 0. The lowest BCUT2D eigenvalue weighted by Crippen LogP contribution is -2.51. The fourth-order valence-electron chi connectivity index (χ4n) is 1.37. The van der Waals surface area contributed by atoms with E-state index in [-0.39, 0.29) is 5.28 Å². The Balaban J connectivity index is 2.26. The van der Waals surface area contributed by atoms with E-state index in [1.54, 1.807) is 0 Å². The third kappa shape index (κ3) is 2.88. The van der Waals surface area contributed by atoms with Gasteiger partial charge in [-0.3, -0.25) is 10.2 Å². The van der Waals surface area contributed by atoms with E-state index in [9.17, 15) is 10.1 Å². The summed E-state index contributed by atoms with van der Waals surface area (Å²) < 4.78 is 0. The summed E-state index contributed by atoms with van der Waals surface area (Å²) in [6.45, 7) is 4.04. The average Bonchev–Trinajstić information content (AvgIpc) is 2.18. The molecule has 0 aromatic heterocycles. The second kappa shape index (κ2) is 5.07. The molecule has 0 aromatic rings. The standard InChI is InChI=1S/C6H14N5O2/c7-1-2-9-3-5-10(6-4-9)11(13)8-12/h1-7H2/q-1. The minimum absolute atomic E-state index is 0.111. The van der Waals surface area contributed by atoms with Gasteiger partial charge in [-0.15, -0.1) is 4.91 Å². The number of hydrazine groups is 1. The SMILES string of the molecule is NCCN1CCN(N([O-])N=O)CC1. The van der Waals surface area contributed by atoms with Crippen LogP contribution in [0.15, 0.2) is 5.29 Å². The number of nitroso groups, excluding NO2 is 1. The number of hydrogen-bond acceptors (Lipinski definition) is 6. The molecule has 76 valence electrons. The van der Waals surface area contributed by atoms with Gasteiger partial charge in [0.25, 0.3) is 0 Å². The van der Waals surface area contributed by atoms with E-state index in [4.69, 9.17) is 5.73 Å². The zero-order valence-corrected chi connectivity index (χ0v) is 7.43. The third-order valence-corrected chi connectivity index (χ3v) is 2.11. The van der Waals surface area contributed by atoms with E-state index >= 15 is 0 Å². The summed E-state index contributed by atoms with van der Waals surface area (Å²) in [5.74, 6) is 0. The highest BCUT2D eigenvalue weighted by atomic mass is 16.6. The van der Waals surface area contributed by atoms with E-state index in [0.717, 1.165) is 19.6 Å². The zero-order valence-electron chi connectivity index (χ0n) is 7.43. The van der Waals surface area contributed by atoms with Crippen LogP contribution in [0.5, 0.6) is 0 Å². The molecule has 0 amide bonds.